The standard InChI is InChI=1S/C24H28Cl2N2O5/c1-2-3-7-21(31)27-28-22(15-8-10-17(25)11-9-15)23(16-5-4-6-18(26)12-16)33-20(24(28)32)13-19(30)14-29/h4-6,8-12,19-20,22-23,29-30H,2-3,7,13-14H2,1H3,(H,27,31)/t19-,20-,22+,23-/m0/s1. The molecule has 2 amide bonds. The summed E-state index contributed by atoms with van der Waals surface area (Å²) in [7, 11) is 0. The zero-order chi connectivity index (χ0) is 24.0. The maximum absolute atomic E-state index is 13.4. The number of morpholine rings is 1. The van der Waals surface area contributed by atoms with E-state index in [0.717, 1.165) is 6.42 Å². The minimum atomic E-state index is -1.15. The van der Waals surface area contributed by atoms with Gasteiger partial charge in [0.1, 0.15) is 18.2 Å². The maximum Gasteiger partial charge on any atom is 0.270 e. The van der Waals surface area contributed by atoms with E-state index in [2.05, 4.69) is 5.43 Å². The van der Waals surface area contributed by atoms with Gasteiger partial charge < -0.3 is 14.9 Å². The Labute approximate surface area is 203 Å². The van der Waals surface area contributed by atoms with Crippen LogP contribution in [0.25, 0.3) is 0 Å². The molecule has 9 heteroatoms. The molecule has 0 bridgehead atoms. The molecule has 2 aromatic carbocycles. The van der Waals surface area contributed by atoms with Crippen LogP contribution in [0.2, 0.25) is 10.0 Å². The highest BCUT2D eigenvalue weighted by atomic mass is 35.5. The van der Waals surface area contributed by atoms with E-state index in [9.17, 15) is 19.8 Å². The van der Waals surface area contributed by atoms with Gasteiger partial charge in [-0.25, -0.2) is 5.01 Å². The van der Waals surface area contributed by atoms with Gasteiger partial charge in [0, 0.05) is 22.9 Å². The van der Waals surface area contributed by atoms with Gasteiger partial charge in [-0.3, -0.25) is 15.0 Å². The summed E-state index contributed by atoms with van der Waals surface area (Å²) in [6.45, 7) is 1.46. The lowest BCUT2D eigenvalue weighted by Crippen LogP contribution is -2.58. The van der Waals surface area contributed by atoms with E-state index >= 15 is 0 Å². The molecule has 3 N–H and O–H groups in total. The van der Waals surface area contributed by atoms with E-state index in [4.69, 9.17) is 27.9 Å². The lowest BCUT2D eigenvalue weighted by atomic mass is 9.92. The van der Waals surface area contributed by atoms with Crippen LogP contribution in [0.3, 0.4) is 0 Å². The monoisotopic (exact) mass is 494 g/mol. The summed E-state index contributed by atoms with van der Waals surface area (Å²) in [4.78, 5) is 26.1. The first-order valence-electron chi connectivity index (χ1n) is 10.9. The summed E-state index contributed by atoms with van der Waals surface area (Å²) >= 11 is 12.3. The van der Waals surface area contributed by atoms with Gasteiger partial charge in [-0.15, -0.1) is 0 Å². The third-order valence-corrected chi connectivity index (χ3v) is 5.96. The zero-order valence-corrected chi connectivity index (χ0v) is 19.8. The molecule has 0 saturated carbocycles. The number of rotatable bonds is 9. The van der Waals surface area contributed by atoms with Gasteiger partial charge in [-0.1, -0.05) is 60.8 Å². The molecule has 1 aliphatic rings. The SMILES string of the molecule is CCCCC(=O)NN1C(=O)[C@H](C[C@H](O)CO)O[C@@H](c2cccc(Cl)c2)[C@H]1c1ccc(Cl)cc1. The molecular formula is C24H28Cl2N2O5. The van der Waals surface area contributed by atoms with Gasteiger partial charge in [-0.2, -0.15) is 0 Å². The van der Waals surface area contributed by atoms with Gasteiger partial charge in [0.2, 0.25) is 5.91 Å². The highest BCUT2D eigenvalue weighted by Gasteiger charge is 2.45. The Morgan fingerprint density at radius 2 is 1.88 bits per heavy atom. The van der Waals surface area contributed by atoms with E-state index in [-0.39, 0.29) is 18.7 Å². The second kappa shape index (κ2) is 11.8. The van der Waals surface area contributed by atoms with Crippen LogP contribution in [0, 0.1) is 0 Å². The number of carbonyl (C=O) groups excluding carboxylic acids is 2. The summed E-state index contributed by atoms with van der Waals surface area (Å²) in [6.07, 6.45) is -1.27. The van der Waals surface area contributed by atoms with E-state index in [1.165, 1.54) is 5.01 Å². The van der Waals surface area contributed by atoms with Crippen LogP contribution in [-0.2, 0) is 14.3 Å². The third-order valence-electron chi connectivity index (χ3n) is 5.48. The van der Waals surface area contributed by atoms with E-state index in [0.29, 0.717) is 27.6 Å². The number of nitrogens with zero attached hydrogens (tertiary/aromatic N) is 1. The molecule has 0 aromatic heterocycles. The number of benzene rings is 2. The summed E-state index contributed by atoms with van der Waals surface area (Å²) in [5.74, 6) is -0.803. The maximum atomic E-state index is 13.4. The number of amides is 2. The normalized spacial score (nSPS) is 21.7. The number of aliphatic hydroxyl groups is 2. The topological polar surface area (TPSA) is 99.1 Å². The van der Waals surface area contributed by atoms with Crippen LogP contribution >= 0.6 is 23.2 Å². The molecule has 1 heterocycles. The number of hydrogen-bond donors (Lipinski definition) is 3. The Balaban J connectivity index is 2.06. The molecule has 3 rings (SSSR count). The van der Waals surface area contributed by atoms with Crippen molar-refractivity contribution in [1.29, 1.82) is 0 Å². The third kappa shape index (κ3) is 6.46. The predicted molar refractivity (Wildman–Crippen MR) is 125 cm³/mol. The fraction of sp³-hybridized carbons (Fsp3) is 0.417. The lowest BCUT2D eigenvalue weighted by Gasteiger charge is -2.44. The number of ether oxygens (including phenoxy) is 1. The minimum Gasteiger partial charge on any atom is -0.394 e. The first kappa shape index (κ1) is 25.5. The van der Waals surface area contributed by atoms with Crippen LogP contribution in [0.15, 0.2) is 48.5 Å². The number of unbranched alkanes of at least 4 members (excludes halogenated alkanes) is 1. The summed E-state index contributed by atoms with van der Waals surface area (Å²) in [6, 6.07) is 13.3. The van der Waals surface area contributed by atoms with Gasteiger partial charge in [0.25, 0.3) is 5.91 Å². The highest BCUT2D eigenvalue weighted by molar-refractivity contribution is 6.30. The van der Waals surface area contributed by atoms with Crippen molar-refractivity contribution in [2.75, 3.05) is 6.61 Å². The first-order chi connectivity index (χ1) is 15.8. The number of halogens is 2. The smallest absolute Gasteiger partial charge is 0.270 e. The molecule has 4 atom stereocenters. The number of aliphatic hydroxyl groups excluding tert-OH is 2. The van der Waals surface area contributed by atoms with Gasteiger partial charge in [0.15, 0.2) is 0 Å². The van der Waals surface area contributed by atoms with Crippen LogP contribution in [0.5, 0.6) is 0 Å². The number of hydrogen-bond acceptors (Lipinski definition) is 5. The average molecular weight is 495 g/mol. The number of carbonyl (C=O) groups is 2. The first-order valence-corrected chi connectivity index (χ1v) is 11.7. The Morgan fingerprint density at radius 1 is 1.15 bits per heavy atom. The Hall–Kier alpha value is -2.16. The largest absolute Gasteiger partial charge is 0.394 e. The van der Waals surface area contributed by atoms with Gasteiger partial charge in [-0.05, 0) is 41.8 Å². The molecular weight excluding hydrogens is 467 g/mol. The molecule has 0 radical (unpaired) electrons. The minimum absolute atomic E-state index is 0.124. The van der Waals surface area contributed by atoms with E-state index in [1.807, 2.05) is 13.0 Å². The van der Waals surface area contributed by atoms with E-state index in [1.54, 1.807) is 42.5 Å². The molecule has 7 nitrogen and oxygen atoms in total. The Morgan fingerprint density at radius 3 is 2.52 bits per heavy atom. The molecule has 1 saturated heterocycles. The summed E-state index contributed by atoms with van der Waals surface area (Å²) in [5.41, 5.74) is 4.16. The van der Waals surface area contributed by atoms with Crippen LogP contribution in [0.4, 0.5) is 0 Å². The Kier molecular flexibility index (Phi) is 9.11. The van der Waals surface area contributed by atoms with Crippen LogP contribution in [-0.4, -0.2) is 45.9 Å². The second-order valence-corrected chi connectivity index (χ2v) is 8.89. The van der Waals surface area contributed by atoms with Crippen molar-refractivity contribution in [3.05, 3.63) is 69.7 Å². The second-order valence-electron chi connectivity index (χ2n) is 8.02. The quantitative estimate of drug-likeness (QED) is 0.489. The van der Waals surface area contributed by atoms with Crippen molar-refractivity contribution in [2.24, 2.45) is 0 Å². The number of nitrogens with one attached hydrogen (secondary N) is 1. The molecule has 0 spiro atoms. The molecule has 2 aromatic rings. The van der Waals surface area contributed by atoms with Crippen molar-refractivity contribution >= 4 is 35.0 Å². The van der Waals surface area contributed by atoms with E-state index < -0.39 is 36.9 Å². The summed E-state index contributed by atoms with van der Waals surface area (Å²) in [5, 5.41) is 21.6. The lowest BCUT2D eigenvalue weighted by molar-refractivity contribution is -0.187. The molecule has 178 valence electrons. The van der Waals surface area contributed by atoms with Crippen molar-refractivity contribution < 1.29 is 24.5 Å². The predicted octanol–water partition coefficient (Wildman–Crippen LogP) is 3.97. The molecule has 0 unspecified atom stereocenters. The number of hydrazine groups is 1. The molecule has 1 aliphatic heterocycles. The van der Waals surface area contributed by atoms with Gasteiger partial charge >= 0.3 is 0 Å². The van der Waals surface area contributed by atoms with Crippen LogP contribution in [0.1, 0.15) is 55.9 Å². The average Bonchev–Trinajstić information content (AvgIpc) is 2.80. The highest BCUT2D eigenvalue weighted by Crippen LogP contribution is 2.42. The van der Waals surface area contributed by atoms with Crippen molar-refractivity contribution in [1.82, 2.24) is 10.4 Å². The van der Waals surface area contributed by atoms with Crippen LogP contribution < -0.4 is 5.43 Å². The van der Waals surface area contributed by atoms with Gasteiger partial charge in [0.05, 0.1) is 12.7 Å². The van der Waals surface area contributed by atoms with Crippen molar-refractivity contribution in [2.45, 2.75) is 57.0 Å². The fourth-order valence-electron chi connectivity index (χ4n) is 3.80. The fourth-order valence-corrected chi connectivity index (χ4v) is 4.12. The van der Waals surface area contributed by atoms with Crippen molar-refractivity contribution in [3.63, 3.8) is 0 Å². The molecule has 0 aliphatic carbocycles. The zero-order valence-electron chi connectivity index (χ0n) is 18.3. The Bertz CT molecular complexity index is 956. The van der Waals surface area contributed by atoms with Crippen molar-refractivity contribution in [3.8, 4) is 0 Å². The summed E-state index contributed by atoms with van der Waals surface area (Å²) < 4.78 is 6.20. The molecule has 1 fully saturated rings. The molecule has 33 heavy (non-hydrogen) atoms.